The number of rotatable bonds is 6. The van der Waals surface area contributed by atoms with Crippen molar-refractivity contribution in [3.8, 4) is 0 Å². The molecule has 2 N–H and O–H groups in total. The Morgan fingerprint density at radius 3 is 1.71 bits per heavy atom. The standard InChI is InChI=1S/C18H23NO2/c1-14-7-3-5-9-17(14)19(16(13-21)11-12-20)18-10-6-4-8-15(18)2/h3-10,16,20-21H,11-13H2,1-2H3. The van der Waals surface area contributed by atoms with E-state index in [-0.39, 0.29) is 19.3 Å². The minimum atomic E-state index is -0.141. The van der Waals surface area contributed by atoms with Crippen molar-refractivity contribution in [2.75, 3.05) is 18.1 Å². The van der Waals surface area contributed by atoms with E-state index in [1.165, 1.54) is 0 Å². The number of benzene rings is 2. The Hall–Kier alpha value is -1.84. The topological polar surface area (TPSA) is 43.7 Å². The van der Waals surface area contributed by atoms with Gasteiger partial charge in [0, 0.05) is 18.0 Å². The van der Waals surface area contributed by atoms with Crippen LogP contribution in [0.2, 0.25) is 0 Å². The maximum Gasteiger partial charge on any atom is 0.0640 e. The molecule has 0 spiro atoms. The first kappa shape index (κ1) is 15.5. The summed E-state index contributed by atoms with van der Waals surface area (Å²) in [7, 11) is 0. The highest BCUT2D eigenvalue weighted by Crippen LogP contribution is 2.33. The van der Waals surface area contributed by atoms with Crippen LogP contribution in [-0.4, -0.2) is 29.5 Å². The zero-order chi connectivity index (χ0) is 15.2. The number of para-hydroxylation sites is 2. The maximum atomic E-state index is 9.78. The average molecular weight is 285 g/mol. The van der Waals surface area contributed by atoms with Crippen molar-refractivity contribution in [2.45, 2.75) is 26.3 Å². The third-order valence-corrected chi connectivity index (χ3v) is 3.79. The molecule has 0 amide bonds. The lowest BCUT2D eigenvalue weighted by Gasteiger charge is -2.34. The van der Waals surface area contributed by atoms with E-state index in [4.69, 9.17) is 0 Å². The van der Waals surface area contributed by atoms with Crippen LogP contribution in [0.25, 0.3) is 0 Å². The van der Waals surface area contributed by atoms with Crippen molar-refractivity contribution in [1.82, 2.24) is 0 Å². The third-order valence-electron chi connectivity index (χ3n) is 3.79. The number of nitrogens with zero attached hydrogens (tertiary/aromatic N) is 1. The summed E-state index contributed by atoms with van der Waals surface area (Å²) in [5.41, 5.74) is 4.44. The van der Waals surface area contributed by atoms with Crippen molar-refractivity contribution in [2.24, 2.45) is 0 Å². The number of hydrogen-bond donors (Lipinski definition) is 2. The fourth-order valence-corrected chi connectivity index (χ4v) is 2.64. The zero-order valence-corrected chi connectivity index (χ0v) is 12.7. The van der Waals surface area contributed by atoms with E-state index in [1.807, 2.05) is 24.3 Å². The number of hydrogen-bond acceptors (Lipinski definition) is 3. The Bertz CT molecular complexity index is 537. The molecule has 1 unspecified atom stereocenters. The van der Waals surface area contributed by atoms with Crippen molar-refractivity contribution in [1.29, 1.82) is 0 Å². The van der Waals surface area contributed by atoms with Crippen LogP contribution >= 0.6 is 0 Å². The van der Waals surface area contributed by atoms with E-state index in [9.17, 15) is 10.2 Å². The normalized spacial score (nSPS) is 12.2. The SMILES string of the molecule is Cc1ccccc1N(c1ccccc1C)C(CO)CCO. The monoisotopic (exact) mass is 285 g/mol. The molecule has 1 atom stereocenters. The molecule has 2 rings (SSSR count). The van der Waals surface area contributed by atoms with Gasteiger partial charge in [-0.25, -0.2) is 0 Å². The van der Waals surface area contributed by atoms with Gasteiger partial charge in [-0.2, -0.15) is 0 Å². The minimum Gasteiger partial charge on any atom is -0.396 e. The first-order valence-corrected chi connectivity index (χ1v) is 7.31. The molecule has 0 saturated heterocycles. The van der Waals surface area contributed by atoms with Crippen LogP contribution in [0.1, 0.15) is 17.5 Å². The maximum absolute atomic E-state index is 9.78. The van der Waals surface area contributed by atoms with Crippen molar-refractivity contribution >= 4 is 11.4 Å². The molecule has 0 saturated carbocycles. The van der Waals surface area contributed by atoms with Gasteiger partial charge in [-0.3, -0.25) is 0 Å². The van der Waals surface area contributed by atoms with Crippen LogP contribution in [0.15, 0.2) is 48.5 Å². The van der Waals surface area contributed by atoms with E-state index in [0.29, 0.717) is 6.42 Å². The molecule has 0 radical (unpaired) electrons. The van der Waals surface area contributed by atoms with Gasteiger partial charge in [-0.05, 0) is 43.5 Å². The van der Waals surface area contributed by atoms with Crippen LogP contribution in [-0.2, 0) is 0 Å². The van der Waals surface area contributed by atoms with E-state index in [0.717, 1.165) is 22.5 Å². The van der Waals surface area contributed by atoms with Gasteiger partial charge >= 0.3 is 0 Å². The van der Waals surface area contributed by atoms with Gasteiger partial charge in [0.15, 0.2) is 0 Å². The van der Waals surface area contributed by atoms with Crippen molar-refractivity contribution in [3.05, 3.63) is 59.7 Å². The Balaban J connectivity index is 2.54. The van der Waals surface area contributed by atoms with Gasteiger partial charge in [0.2, 0.25) is 0 Å². The van der Waals surface area contributed by atoms with Crippen LogP contribution in [0.5, 0.6) is 0 Å². The molecule has 0 heterocycles. The Labute approximate surface area is 126 Å². The molecule has 3 heteroatoms. The summed E-state index contributed by atoms with van der Waals surface area (Å²) in [6, 6.07) is 16.1. The molecule has 0 bridgehead atoms. The second kappa shape index (κ2) is 7.25. The van der Waals surface area contributed by atoms with Gasteiger partial charge in [-0.1, -0.05) is 36.4 Å². The van der Waals surface area contributed by atoms with E-state index < -0.39 is 0 Å². The Morgan fingerprint density at radius 2 is 1.33 bits per heavy atom. The van der Waals surface area contributed by atoms with Crippen LogP contribution < -0.4 is 4.90 Å². The number of aliphatic hydroxyl groups excluding tert-OH is 2. The summed E-state index contributed by atoms with van der Waals surface area (Å²) in [6.07, 6.45) is 0.527. The quantitative estimate of drug-likeness (QED) is 0.856. The molecular weight excluding hydrogens is 262 g/mol. The highest BCUT2D eigenvalue weighted by atomic mass is 16.3. The fourth-order valence-electron chi connectivity index (χ4n) is 2.64. The smallest absolute Gasteiger partial charge is 0.0640 e. The zero-order valence-electron chi connectivity index (χ0n) is 12.7. The molecule has 0 aliphatic rings. The molecule has 0 aliphatic carbocycles. The third kappa shape index (κ3) is 3.43. The highest BCUT2D eigenvalue weighted by Gasteiger charge is 2.22. The first-order valence-electron chi connectivity index (χ1n) is 7.31. The second-order valence-electron chi connectivity index (χ2n) is 5.29. The molecule has 21 heavy (non-hydrogen) atoms. The van der Waals surface area contributed by atoms with Crippen molar-refractivity contribution in [3.63, 3.8) is 0 Å². The molecule has 3 nitrogen and oxygen atoms in total. The molecular formula is C18H23NO2. The van der Waals surface area contributed by atoms with E-state index >= 15 is 0 Å². The second-order valence-corrected chi connectivity index (χ2v) is 5.29. The van der Waals surface area contributed by atoms with Crippen LogP contribution in [0.3, 0.4) is 0 Å². The fraction of sp³-hybridized carbons (Fsp3) is 0.333. The first-order chi connectivity index (χ1) is 10.2. The predicted molar refractivity (Wildman–Crippen MR) is 87.1 cm³/mol. The average Bonchev–Trinajstić information content (AvgIpc) is 2.50. The number of aryl methyl sites for hydroxylation is 2. The van der Waals surface area contributed by atoms with Gasteiger partial charge < -0.3 is 15.1 Å². The van der Waals surface area contributed by atoms with Crippen LogP contribution in [0.4, 0.5) is 11.4 Å². The van der Waals surface area contributed by atoms with Crippen molar-refractivity contribution < 1.29 is 10.2 Å². The molecule has 0 fully saturated rings. The van der Waals surface area contributed by atoms with Crippen LogP contribution in [0, 0.1) is 13.8 Å². The number of aliphatic hydroxyl groups is 2. The summed E-state index contributed by atoms with van der Waals surface area (Å²) < 4.78 is 0. The lowest BCUT2D eigenvalue weighted by molar-refractivity contribution is 0.220. The molecule has 112 valence electrons. The summed E-state index contributed by atoms with van der Waals surface area (Å²) in [6.45, 7) is 4.19. The van der Waals surface area contributed by atoms with Gasteiger partial charge in [0.05, 0.1) is 12.6 Å². The number of anilines is 2. The molecule has 0 aromatic heterocycles. The van der Waals surface area contributed by atoms with Gasteiger partial charge in [0.25, 0.3) is 0 Å². The minimum absolute atomic E-state index is 0.00320. The summed E-state index contributed by atoms with van der Waals surface area (Å²) >= 11 is 0. The summed E-state index contributed by atoms with van der Waals surface area (Å²) in [4.78, 5) is 2.14. The predicted octanol–water partition coefficient (Wildman–Crippen LogP) is 3.18. The Morgan fingerprint density at radius 1 is 0.857 bits per heavy atom. The summed E-state index contributed by atoms with van der Waals surface area (Å²) in [5.74, 6) is 0. The van der Waals surface area contributed by atoms with Gasteiger partial charge in [0.1, 0.15) is 0 Å². The largest absolute Gasteiger partial charge is 0.396 e. The Kier molecular flexibility index (Phi) is 5.37. The van der Waals surface area contributed by atoms with Gasteiger partial charge in [-0.15, -0.1) is 0 Å². The molecule has 0 aliphatic heterocycles. The van der Waals surface area contributed by atoms with E-state index in [2.05, 4.69) is 43.0 Å². The lowest BCUT2D eigenvalue weighted by Crippen LogP contribution is -2.36. The molecule has 2 aromatic carbocycles. The summed E-state index contributed by atoms with van der Waals surface area (Å²) in [5, 5.41) is 19.1. The lowest BCUT2D eigenvalue weighted by atomic mass is 10.0. The molecule has 2 aromatic rings. The highest BCUT2D eigenvalue weighted by molar-refractivity contribution is 5.69. The van der Waals surface area contributed by atoms with E-state index in [1.54, 1.807) is 0 Å².